The first-order valence-electron chi connectivity index (χ1n) is 10.9. The van der Waals surface area contributed by atoms with Crippen molar-refractivity contribution in [3.05, 3.63) is 59.1 Å². The van der Waals surface area contributed by atoms with Crippen LogP contribution < -0.4 is 10.1 Å². The number of carbonyl (C=O) groups excluding carboxylic acids is 1. The van der Waals surface area contributed by atoms with E-state index in [4.69, 9.17) is 9.84 Å². The lowest BCUT2D eigenvalue weighted by Crippen LogP contribution is -2.56. The maximum absolute atomic E-state index is 12.6. The average molecular weight is 437 g/mol. The molecule has 162 valence electrons. The number of fused-ring (bicyclic) bond motifs is 3. The first-order valence-corrected chi connectivity index (χ1v) is 11.7. The summed E-state index contributed by atoms with van der Waals surface area (Å²) in [6.45, 7) is 2.84. The minimum absolute atomic E-state index is 0.0194. The molecule has 0 aliphatic carbocycles. The lowest BCUT2D eigenvalue weighted by atomic mass is 9.74. The van der Waals surface area contributed by atoms with E-state index in [9.17, 15) is 4.79 Å². The summed E-state index contributed by atoms with van der Waals surface area (Å²) in [5, 5.41) is 10.0. The highest BCUT2D eigenvalue weighted by molar-refractivity contribution is 7.13. The largest absolute Gasteiger partial charge is 0.497 e. The van der Waals surface area contributed by atoms with Gasteiger partial charge in [0.1, 0.15) is 11.4 Å². The molecule has 3 fully saturated rings. The Morgan fingerprint density at radius 3 is 2.81 bits per heavy atom. The van der Waals surface area contributed by atoms with Gasteiger partial charge in [-0.1, -0.05) is 6.07 Å². The number of aryl methyl sites for hydroxylation is 1. The van der Waals surface area contributed by atoms with Crippen molar-refractivity contribution in [3.8, 4) is 16.3 Å². The van der Waals surface area contributed by atoms with E-state index in [1.54, 1.807) is 18.4 Å². The second kappa shape index (κ2) is 8.48. The van der Waals surface area contributed by atoms with E-state index in [-0.39, 0.29) is 5.91 Å². The Morgan fingerprint density at radius 1 is 1.29 bits per heavy atom. The second-order valence-electron chi connectivity index (χ2n) is 8.53. The van der Waals surface area contributed by atoms with E-state index >= 15 is 0 Å². The molecule has 1 amide bonds. The fourth-order valence-corrected chi connectivity index (χ4v) is 5.80. The minimum atomic E-state index is -0.0194. The fourth-order valence-electron chi connectivity index (χ4n) is 5.11. The Morgan fingerprint density at radius 2 is 2.13 bits per heavy atom. The number of aromatic nitrogens is 2. The van der Waals surface area contributed by atoms with Gasteiger partial charge in [-0.15, -0.1) is 11.3 Å². The molecule has 6 nitrogen and oxygen atoms in total. The van der Waals surface area contributed by atoms with Crippen molar-refractivity contribution in [1.29, 1.82) is 0 Å². The fraction of sp³-hybridized carbons (Fsp3) is 0.417. The molecule has 0 saturated carbocycles. The first kappa shape index (κ1) is 20.3. The van der Waals surface area contributed by atoms with Crippen LogP contribution in [-0.2, 0) is 7.05 Å². The van der Waals surface area contributed by atoms with Crippen LogP contribution in [-0.4, -0.2) is 53.4 Å². The average Bonchev–Trinajstić information content (AvgIpc) is 3.48. The third kappa shape index (κ3) is 4.00. The van der Waals surface area contributed by atoms with Crippen molar-refractivity contribution in [2.24, 2.45) is 13.0 Å². The number of benzene rings is 1. The highest BCUT2D eigenvalue weighted by Gasteiger charge is 2.41. The smallest absolute Gasteiger partial charge is 0.251 e. The van der Waals surface area contributed by atoms with Crippen LogP contribution in [0.15, 0.2) is 47.8 Å². The summed E-state index contributed by atoms with van der Waals surface area (Å²) in [6, 6.07) is 14.2. The molecular formula is C24H28N4O2S. The topological polar surface area (TPSA) is 59.4 Å². The zero-order valence-electron chi connectivity index (χ0n) is 18.0. The number of hydrogen-bond donors (Lipinski definition) is 1. The van der Waals surface area contributed by atoms with Crippen molar-refractivity contribution in [3.63, 3.8) is 0 Å². The summed E-state index contributed by atoms with van der Waals surface area (Å²) in [4.78, 5) is 16.3. The van der Waals surface area contributed by atoms with E-state index in [0.29, 0.717) is 30.0 Å². The molecule has 1 N–H and O–H groups in total. The third-order valence-electron chi connectivity index (χ3n) is 6.80. The lowest BCUT2D eigenvalue weighted by Gasteiger charge is -2.50. The Hall–Kier alpha value is -2.64. The van der Waals surface area contributed by atoms with Gasteiger partial charge in [-0.2, -0.15) is 5.10 Å². The molecule has 5 heterocycles. The number of amides is 1. The Kier molecular flexibility index (Phi) is 5.54. The lowest BCUT2D eigenvalue weighted by molar-refractivity contribution is 0.0280. The second-order valence-corrected chi connectivity index (χ2v) is 9.48. The maximum atomic E-state index is 12.6. The normalized spacial score (nSPS) is 24.8. The summed E-state index contributed by atoms with van der Waals surface area (Å²) >= 11 is 1.74. The van der Waals surface area contributed by atoms with Gasteiger partial charge in [0.15, 0.2) is 0 Å². The number of nitrogens with one attached hydrogen (secondary N) is 1. The molecule has 4 unspecified atom stereocenters. The summed E-state index contributed by atoms with van der Waals surface area (Å²) in [5.74, 6) is 1.89. The van der Waals surface area contributed by atoms with Crippen molar-refractivity contribution < 1.29 is 9.53 Å². The van der Waals surface area contributed by atoms with Gasteiger partial charge in [0.25, 0.3) is 5.91 Å². The van der Waals surface area contributed by atoms with Crippen LogP contribution in [0.2, 0.25) is 0 Å². The van der Waals surface area contributed by atoms with Gasteiger partial charge in [0.05, 0.1) is 12.0 Å². The number of carbonyl (C=O) groups is 1. The van der Waals surface area contributed by atoms with E-state index in [1.807, 2.05) is 24.3 Å². The van der Waals surface area contributed by atoms with Crippen molar-refractivity contribution in [2.75, 3.05) is 26.7 Å². The molecule has 7 heteroatoms. The molecule has 2 bridgehead atoms. The van der Waals surface area contributed by atoms with Crippen LogP contribution >= 0.6 is 11.3 Å². The SMILES string of the molecule is COc1ccc(C(=O)NCC2CC3CCN2CC3c2cc(-c3cccs3)nn2C)cc1. The van der Waals surface area contributed by atoms with Gasteiger partial charge in [-0.25, -0.2) is 0 Å². The van der Waals surface area contributed by atoms with Gasteiger partial charge in [0.2, 0.25) is 0 Å². The van der Waals surface area contributed by atoms with Gasteiger partial charge in [-0.05, 0) is 67.1 Å². The summed E-state index contributed by atoms with van der Waals surface area (Å²) < 4.78 is 7.24. The Bertz CT molecular complexity index is 1040. The first-order chi connectivity index (χ1) is 15.1. The molecular weight excluding hydrogens is 408 g/mol. The highest BCUT2D eigenvalue weighted by Crippen LogP contribution is 2.42. The zero-order chi connectivity index (χ0) is 21.4. The number of piperidine rings is 3. The molecule has 3 saturated heterocycles. The monoisotopic (exact) mass is 436 g/mol. The predicted molar refractivity (Wildman–Crippen MR) is 123 cm³/mol. The van der Waals surface area contributed by atoms with E-state index in [2.05, 4.69) is 45.5 Å². The third-order valence-corrected chi connectivity index (χ3v) is 7.69. The summed E-state index contributed by atoms with van der Waals surface area (Å²) in [5.41, 5.74) is 3.08. The molecule has 4 atom stereocenters. The molecule has 3 aliphatic rings. The number of hydrogen-bond acceptors (Lipinski definition) is 5. The minimum Gasteiger partial charge on any atom is -0.497 e. The van der Waals surface area contributed by atoms with Crippen LogP contribution in [0.4, 0.5) is 0 Å². The Labute approximate surface area is 186 Å². The molecule has 2 aromatic heterocycles. The number of thiophene rings is 1. The van der Waals surface area contributed by atoms with Crippen LogP contribution in [0, 0.1) is 5.92 Å². The zero-order valence-corrected chi connectivity index (χ0v) is 18.8. The molecule has 6 rings (SSSR count). The van der Waals surface area contributed by atoms with Crippen LogP contribution in [0.3, 0.4) is 0 Å². The summed E-state index contributed by atoms with van der Waals surface area (Å²) in [6.07, 6.45) is 2.33. The molecule has 3 aromatic rings. The quantitative estimate of drug-likeness (QED) is 0.639. The van der Waals surface area contributed by atoms with Gasteiger partial charge >= 0.3 is 0 Å². The van der Waals surface area contributed by atoms with E-state index in [0.717, 1.165) is 31.0 Å². The van der Waals surface area contributed by atoms with Crippen molar-refractivity contribution in [2.45, 2.75) is 24.8 Å². The van der Waals surface area contributed by atoms with Crippen LogP contribution in [0.5, 0.6) is 5.75 Å². The van der Waals surface area contributed by atoms with Crippen molar-refractivity contribution in [1.82, 2.24) is 20.0 Å². The standard InChI is InChI=1S/C24H28N4O2S/c1-27-22(13-21(26-27)23-4-3-11-31-23)20-15-28-10-9-17(20)12-18(28)14-25-24(29)16-5-7-19(30-2)8-6-16/h3-8,11,13,17-18,20H,9-10,12,14-15H2,1-2H3,(H,25,29). The Balaban J connectivity index is 1.23. The molecule has 1 aromatic carbocycles. The molecule has 31 heavy (non-hydrogen) atoms. The van der Waals surface area contributed by atoms with Gasteiger partial charge < -0.3 is 10.1 Å². The highest BCUT2D eigenvalue weighted by atomic mass is 32.1. The number of rotatable bonds is 6. The number of methoxy groups -OCH3 is 1. The molecule has 0 radical (unpaired) electrons. The van der Waals surface area contributed by atoms with Crippen molar-refractivity contribution >= 4 is 17.2 Å². The number of nitrogens with zero attached hydrogens (tertiary/aromatic N) is 3. The predicted octanol–water partition coefficient (Wildman–Crippen LogP) is 3.77. The van der Waals surface area contributed by atoms with Crippen LogP contribution in [0.1, 0.15) is 34.8 Å². The summed E-state index contributed by atoms with van der Waals surface area (Å²) in [7, 11) is 3.69. The van der Waals surface area contributed by atoms with Gasteiger partial charge in [-0.3, -0.25) is 14.4 Å². The maximum Gasteiger partial charge on any atom is 0.251 e. The molecule has 0 spiro atoms. The number of ether oxygens (including phenoxy) is 1. The van der Waals surface area contributed by atoms with Crippen LogP contribution in [0.25, 0.3) is 10.6 Å². The van der Waals surface area contributed by atoms with E-state index in [1.165, 1.54) is 17.0 Å². The van der Waals surface area contributed by atoms with E-state index < -0.39 is 0 Å². The molecule has 3 aliphatic heterocycles. The van der Waals surface area contributed by atoms with Gasteiger partial charge in [0, 0.05) is 43.4 Å².